The average Bonchev–Trinajstić information content (AvgIpc) is 2.60. The Labute approximate surface area is 57.8 Å². The van der Waals surface area contributed by atoms with Gasteiger partial charge in [0.2, 0.25) is 0 Å². The molecule has 0 spiro atoms. The van der Waals surface area contributed by atoms with Crippen LogP contribution in [0.3, 0.4) is 0 Å². The third-order valence-corrected chi connectivity index (χ3v) is 5.03. The van der Waals surface area contributed by atoms with Crippen molar-refractivity contribution >= 4 is 15.9 Å². The van der Waals surface area contributed by atoms with Crippen LogP contribution >= 0.6 is 15.9 Å². The summed E-state index contributed by atoms with van der Waals surface area (Å²) < 4.78 is 0.741. The third kappa shape index (κ3) is 0.240. The molecule has 0 aromatic rings. The molecule has 0 saturated heterocycles. The van der Waals surface area contributed by atoms with Crippen molar-refractivity contribution in [2.24, 2.45) is 17.8 Å². The summed E-state index contributed by atoms with van der Waals surface area (Å²) >= 11 is 3.80. The van der Waals surface area contributed by atoms with E-state index < -0.39 is 0 Å². The van der Waals surface area contributed by atoms with Gasteiger partial charge in [0, 0.05) is 4.32 Å². The van der Waals surface area contributed by atoms with E-state index in [4.69, 9.17) is 0 Å². The molecule has 3 aliphatic rings. The zero-order valence-electron chi connectivity index (χ0n) is 4.73. The van der Waals surface area contributed by atoms with Crippen molar-refractivity contribution in [2.75, 3.05) is 0 Å². The smallest absolute Gasteiger partial charge is 0.0355 e. The van der Waals surface area contributed by atoms with E-state index >= 15 is 0 Å². The third-order valence-electron chi connectivity index (χ3n) is 3.33. The molecule has 0 aliphatic heterocycles. The average molecular weight is 173 g/mol. The molecule has 3 fully saturated rings. The van der Waals surface area contributed by atoms with Crippen LogP contribution in [0.1, 0.15) is 19.3 Å². The molecule has 1 heteroatoms. The SMILES string of the molecule is BrC12C3CCCC1C32. The summed E-state index contributed by atoms with van der Waals surface area (Å²) in [5.41, 5.74) is 0. The Bertz CT molecular complexity index is 131. The second kappa shape index (κ2) is 0.920. The van der Waals surface area contributed by atoms with Crippen molar-refractivity contribution in [3.63, 3.8) is 0 Å². The maximum atomic E-state index is 3.80. The second-order valence-electron chi connectivity index (χ2n) is 3.50. The minimum atomic E-state index is 0.741. The summed E-state index contributed by atoms with van der Waals surface area (Å²) in [5.74, 6) is 3.40. The highest BCUT2D eigenvalue weighted by molar-refractivity contribution is 9.10. The summed E-state index contributed by atoms with van der Waals surface area (Å²) in [5, 5.41) is 0. The molecule has 2 atom stereocenters. The molecular formula is C7H9Br. The topological polar surface area (TPSA) is 0 Å². The van der Waals surface area contributed by atoms with Crippen molar-refractivity contribution in [1.82, 2.24) is 0 Å². The normalized spacial score (nSPS) is 73.9. The van der Waals surface area contributed by atoms with Crippen molar-refractivity contribution in [2.45, 2.75) is 23.6 Å². The lowest BCUT2D eigenvalue weighted by molar-refractivity contribution is 0.352. The first-order chi connectivity index (χ1) is 3.85. The quantitative estimate of drug-likeness (QED) is 0.492. The number of hydrogen-bond donors (Lipinski definition) is 0. The highest BCUT2D eigenvalue weighted by Gasteiger charge is 2.85. The molecule has 3 aliphatic carbocycles. The van der Waals surface area contributed by atoms with E-state index in [1.807, 2.05) is 0 Å². The second-order valence-corrected chi connectivity index (χ2v) is 4.87. The fraction of sp³-hybridized carbons (Fsp3) is 1.00. The van der Waals surface area contributed by atoms with Gasteiger partial charge in [0.15, 0.2) is 0 Å². The van der Waals surface area contributed by atoms with Crippen LogP contribution in [-0.4, -0.2) is 4.32 Å². The lowest BCUT2D eigenvalue weighted by atomic mass is 9.89. The molecule has 0 radical (unpaired) electrons. The van der Waals surface area contributed by atoms with Gasteiger partial charge in [0.25, 0.3) is 0 Å². The Morgan fingerprint density at radius 1 is 1.25 bits per heavy atom. The molecule has 0 aromatic heterocycles. The number of fused-ring (bicyclic) bond motifs is 2. The Morgan fingerprint density at radius 2 is 1.75 bits per heavy atom. The minimum absolute atomic E-state index is 0.741. The summed E-state index contributed by atoms with van der Waals surface area (Å²) in [6.07, 6.45) is 4.55. The molecule has 3 saturated carbocycles. The summed E-state index contributed by atoms with van der Waals surface area (Å²) in [7, 11) is 0. The molecule has 44 valence electrons. The van der Waals surface area contributed by atoms with Crippen LogP contribution in [0.2, 0.25) is 0 Å². The molecule has 8 heavy (non-hydrogen) atoms. The summed E-state index contributed by atoms with van der Waals surface area (Å²) in [6.45, 7) is 0. The van der Waals surface area contributed by atoms with E-state index in [2.05, 4.69) is 15.9 Å². The molecule has 0 nitrogen and oxygen atoms in total. The van der Waals surface area contributed by atoms with Crippen molar-refractivity contribution < 1.29 is 0 Å². The van der Waals surface area contributed by atoms with E-state index in [9.17, 15) is 0 Å². The Balaban J connectivity index is 1.97. The van der Waals surface area contributed by atoms with Crippen molar-refractivity contribution in [1.29, 1.82) is 0 Å². The molecule has 0 heterocycles. The Morgan fingerprint density at radius 3 is 2.00 bits per heavy atom. The van der Waals surface area contributed by atoms with Gasteiger partial charge in [-0.25, -0.2) is 0 Å². The largest absolute Gasteiger partial charge is 0.0844 e. The lowest BCUT2D eigenvalue weighted by Gasteiger charge is -2.20. The van der Waals surface area contributed by atoms with E-state index in [-0.39, 0.29) is 0 Å². The van der Waals surface area contributed by atoms with Crippen LogP contribution < -0.4 is 0 Å². The number of hydrogen-bond acceptors (Lipinski definition) is 0. The molecule has 0 N–H and O–H groups in total. The number of halogens is 1. The van der Waals surface area contributed by atoms with Gasteiger partial charge in [-0.2, -0.15) is 0 Å². The summed E-state index contributed by atoms with van der Waals surface area (Å²) in [4.78, 5) is 0. The monoisotopic (exact) mass is 172 g/mol. The molecule has 0 aromatic carbocycles. The predicted octanol–water partition coefficient (Wildman–Crippen LogP) is 2.18. The maximum Gasteiger partial charge on any atom is 0.0355 e. The lowest BCUT2D eigenvalue weighted by Crippen LogP contribution is -2.14. The van der Waals surface area contributed by atoms with Gasteiger partial charge in [-0.3, -0.25) is 0 Å². The van der Waals surface area contributed by atoms with Crippen LogP contribution in [0.15, 0.2) is 0 Å². The first-order valence-corrected chi connectivity index (χ1v) is 4.33. The van der Waals surface area contributed by atoms with Gasteiger partial charge in [-0.1, -0.05) is 22.4 Å². The van der Waals surface area contributed by atoms with E-state index in [0.29, 0.717) is 0 Å². The van der Waals surface area contributed by atoms with Gasteiger partial charge < -0.3 is 0 Å². The zero-order valence-corrected chi connectivity index (χ0v) is 6.32. The molecule has 3 rings (SSSR count). The number of rotatable bonds is 0. The van der Waals surface area contributed by atoms with Crippen molar-refractivity contribution in [3.8, 4) is 0 Å². The van der Waals surface area contributed by atoms with Gasteiger partial charge in [0.1, 0.15) is 0 Å². The first kappa shape index (κ1) is 4.32. The number of alkyl halides is 1. The van der Waals surface area contributed by atoms with Crippen molar-refractivity contribution in [3.05, 3.63) is 0 Å². The standard InChI is InChI=1S/C7H9Br/c8-7-4-2-1-3-5(7)6(4)7/h4-6H,1-3H2. The fourth-order valence-electron chi connectivity index (χ4n) is 2.75. The van der Waals surface area contributed by atoms with E-state index in [1.165, 1.54) is 19.3 Å². The zero-order chi connectivity index (χ0) is 5.35. The van der Waals surface area contributed by atoms with Crippen LogP contribution in [0.4, 0.5) is 0 Å². The molecule has 2 unspecified atom stereocenters. The predicted molar refractivity (Wildman–Crippen MR) is 36.0 cm³/mol. The van der Waals surface area contributed by atoms with Crippen LogP contribution in [-0.2, 0) is 0 Å². The summed E-state index contributed by atoms with van der Waals surface area (Å²) in [6, 6.07) is 0. The van der Waals surface area contributed by atoms with Crippen LogP contribution in [0, 0.1) is 17.8 Å². The van der Waals surface area contributed by atoms with E-state index in [0.717, 1.165) is 22.1 Å². The minimum Gasteiger partial charge on any atom is -0.0844 e. The maximum absolute atomic E-state index is 3.80. The molecular weight excluding hydrogens is 164 g/mol. The highest BCUT2D eigenvalue weighted by atomic mass is 79.9. The van der Waals surface area contributed by atoms with Gasteiger partial charge in [0.05, 0.1) is 0 Å². The van der Waals surface area contributed by atoms with Gasteiger partial charge >= 0.3 is 0 Å². The molecule has 0 bridgehead atoms. The Hall–Kier alpha value is 0.480. The van der Waals surface area contributed by atoms with Crippen LogP contribution in [0.5, 0.6) is 0 Å². The first-order valence-electron chi connectivity index (χ1n) is 3.54. The van der Waals surface area contributed by atoms with Crippen LogP contribution in [0.25, 0.3) is 0 Å². The highest BCUT2D eigenvalue weighted by Crippen LogP contribution is 2.86. The fourth-order valence-corrected chi connectivity index (χ4v) is 4.15. The van der Waals surface area contributed by atoms with E-state index in [1.54, 1.807) is 0 Å². The van der Waals surface area contributed by atoms with Gasteiger partial charge in [-0.15, -0.1) is 0 Å². The molecule has 0 amide bonds. The Kier molecular flexibility index (Phi) is 0.497. The van der Waals surface area contributed by atoms with Gasteiger partial charge in [-0.05, 0) is 30.6 Å².